The van der Waals surface area contributed by atoms with E-state index in [1.165, 1.54) is 0 Å². The number of hydrogen-bond donors (Lipinski definition) is 1. The minimum Gasteiger partial charge on any atom is -0.497 e. The van der Waals surface area contributed by atoms with Gasteiger partial charge in [-0.1, -0.05) is 18.2 Å². The molecule has 43 heavy (non-hydrogen) atoms. The Morgan fingerprint density at radius 2 is 1.81 bits per heavy atom. The van der Waals surface area contributed by atoms with Crippen molar-refractivity contribution < 1.29 is 13.9 Å². The zero-order valence-electron chi connectivity index (χ0n) is 23.4. The lowest BCUT2D eigenvalue weighted by atomic mass is 10.1. The van der Waals surface area contributed by atoms with Gasteiger partial charge in [0.15, 0.2) is 5.76 Å². The lowest BCUT2D eigenvalue weighted by molar-refractivity contribution is 0.0908. The van der Waals surface area contributed by atoms with Crippen molar-refractivity contribution in [2.24, 2.45) is 0 Å². The Bertz CT molecular complexity index is 1750. The molecule has 0 saturated carbocycles. The number of nitrogens with zero attached hydrogens (tertiary/aromatic N) is 5. The molecule has 224 valence electrons. The van der Waals surface area contributed by atoms with Crippen LogP contribution in [0.15, 0.2) is 102 Å². The fourth-order valence-electron chi connectivity index (χ4n) is 4.87. The number of benzene rings is 2. The maximum atomic E-state index is 13.5. The number of carbonyl (C=O) groups excluding carboxylic acids is 1. The molecule has 4 heterocycles. The third kappa shape index (κ3) is 7.02. The lowest BCUT2D eigenvalue weighted by Gasteiger charge is -2.20. The summed E-state index contributed by atoms with van der Waals surface area (Å²) in [5, 5.41) is 3.95. The van der Waals surface area contributed by atoms with Crippen LogP contribution in [0.5, 0.6) is 5.75 Å². The number of rotatable bonds is 9. The van der Waals surface area contributed by atoms with Crippen LogP contribution in [0.25, 0.3) is 27.9 Å². The number of carbonyl (C=O) groups is 1. The predicted octanol–water partition coefficient (Wildman–Crippen LogP) is 6.88. The minimum absolute atomic E-state index is 0. The van der Waals surface area contributed by atoms with Gasteiger partial charge in [0.25, 0.3) is 5.91 Å². The Hall–Kier alpha value is -4.31. The number of methoxy groups -OCH3 is 1. The number of nitrogens with one attached hydrogen (secondary N) is 1. The van der Waals surface area contributed by atoms with Crippen LogP contribution in [0.1, 0.15) is 35.0 Å². The van der Waals surface area contributed by atoms with Crippen molar-refractivity contribution in [1.29, 1.82) is 0 Å². The van der Waals surface area contributed by atoms with Crippen LogP contribution in [0.4, 0.5) is 0 Å². The van der Waals surface area contributed by atoms with Gasteiger partial charge in [-0.2, -0.15) is 0 Å². The van der Waals surface area contributed by atoms with Gasteiger partial charge in [-0.25, -0.2) is 9.97 Å². The molecule has 0 saturated heterocycles. The minimum atomic E-state index is -0.441. The van der Waals surface area contributed by atoms with Crippen molar-refractivity contribution >= 4 is 54.1 Å². The number of pyridine rings is 1. The van der Waals surface area contributed by atoms with Gasteiger partial charge in [0.2, 0.25) is 0 Å². The topological polar surface area (TPSA) is 100 Å². The molecule has 6 aromatic rings. The van der Waals surface area contributed by atoms with Crippen molar-refractivity contribution in [2.75, 3.05) is 7.11 Å². The van der Waals surface area contributed by atoms with Crippen LogP contribution in [0, 0.1) is 0 Å². The second-order valence-corrected chi connectivity index (χ2v) is 9.33. The zero-order chi connectivity index (χ0) is 27.5. The maximum absolute atomic E-state index is 13.5. The van der Waals surface area contributed by atoms with Crippen LogP contribution in [0.3, 0.4) is 0 Å². The average Bonchev–Trinajstić information content (AvgIpc) is 3.76. The fourth-order valence-corrected chi connectivity index (χ4v) is 4.87. The highest BCUT2D eigenvalue weighted by Crippen LogP contribution is 2.28. The molecule has 0 radical (unpaired) electrons. The molecule has 0 aliphatic carbocycles. The van der Waals surface area contributed by atoms with E-state index >= 15 is 0 Å². The number of imidazole rings is 2. The summed E-state index contributed by atoms with van der Waals surface area (Å²) in [7, 11) is 1.61. The molecule has 0 unspecified atom stereocenters. The summed E-state index contributed by atoms with van der Waals surface area (Å²) in [4.78, 5) is 26.9. The van der Waals surface area contributed by atoms with Gasteiger partial charge in [0.1, 0.15) is 17.2 Å². The van der Waals surface area contributed by atoms with Gasteiger partial charge in [0, 0.05) is 48.3 Å². The third-order valence-corrected chi connectivity index (χ3v) is 6.87. The van der Waals surface area contributed by atoms with Gasteiger partial charge in [-0.15, -0.1) is 37.2 Å². The number of halogens is 3. The molecule has 4 aromatic heterocycles. The summed E-state index contributed by atoms with van der Waals surface area (Å²) in [5.41, 5.74) is 4.47. The highest BCUT2D eigenvalue weighted by molar-refractivity contribution is 5.96. The van der Waals surface area contributed by atoms with E-state index < -0.39 is 6.04 Å². The summed E-state index contributed by atoms with van der Waals surface area (Å²) >= 11 is 0. The summed E-state index contributed by atoms with van der Waals surface area (Å²) in [5.74, 6) is 1.34. The molecule has 6 rings (SSSR count). The number of fused-ring (bicyclic) bond motifs is 1. The number of amides is 1. The Morgan fingerprint density at radius 1 is 1.00 bits per heavy atom. The maximum Gasteiger partial charge on any atom is 0.287 e. The molecule has 0 bridgehead atoms. The van der Waals surface area contributed by atoms with Gasteiger partial charge < -0.3 is 23.6 Å². The molecule has 0 aliphatic heterocycles. The molecule has 1 N–H and O–H groups in total. The summed E-state index contributed by atoms with van der Waals surface area (Å²) < 4.78 is 15.3. The standard InChI is InChI=1S/C31H28N6O3.3ClH/c1-3-37-27(21-7-9-24(10-8-21)36-15-14-32-20-36)19-34-30(37)26(18-23-6-4-5-13-33-23)35-31(38)29-17-22-16-25(39-2)11-12-28(22)40-29;;;/h4-17,19-20,26H,3,18H2,1-2H3,(H,35,38);3*1H/t26-;;;/m0.../s1. The van der Waals surface area contributed by atoms with E-state index in [4.69, 9.17) is 14.1 Å². The van der Waals surface area contributed by atoms with Crippen LogP contribution in [-0.4, -0.2) is 37.1 Å². The molecular formula is C31H31Cl3N6O3. The normalized spacial score (nSPS) is 11.1. The molecule has 0 aliphatic rings. The first-order valence-corrected chi connectivity index (χ1v) is 13.1. The van der Waals surface area contributed by atoms with Gasteiger partial charge in [-0.05, 0) is 61.0 Å². The van der Waals surface area contributed by atoms with Crippen LogP contribution in [0.2, 0.25) is 0 Å². The van der Waals surface area contributed by atoms with Crippen molar-refractivity contribution in [3.63, 3.8) is 0 Å². The van der Waals surface area contributed by atoms with Crippen LogP contribution in [-0.2, 0) is 13.0 Å². The molecule has 1 atom stereocenters. The van der Waals surface area contributed by atoms with E-state index in [0.717, 1.165) is 33.8 Å². The molecule has 9 nitrogen and oxygen atoms in total. The largest absolute Gasteiger partial charge is 0.497 e. The third-order valence-electron chi connectivity index (χ3n) is 6.87. The van der Waals surface area contributed by atoms with Crippen LogP contribution < -0.4 is 10.1 Å². The van der Waals surface area contributed by atoms with Crippen molar-refractivity contribution in [1.82, 2.24) is 29.4 Å². The first kappa shape index (κ1) is 33.2. The Balaban J connectivity index is 0.00000169. The number of hydrogen-bond acceptors (Lipinski definition) is 6. The smallest absolute Gasteiger partial charge is 0.287 e. The quantitative estimate of drug-likeness (QED) is 0.185. The van der Waals surface area contributed by atoms with Crippen LogP contribution >= 0.6 is 37.2 Å². The molecule has 0 fully saturated rings. The SMILES string of the molecule is CCn1c(-c2ccc(-n3ccnc3)cc2)cnc1[C@H](Cc1ccccn1)NC(=O)c1cc2cc(OC)ccc2o1.Cl.Cl.Cl. The van der Waals surface area contributed by atoms with Gasteiger partial charge in [0.05, 0.1) is 31.4 Å². The van der Waals surface area contributed by atoms with E-state index in [1.54, 1.807) is 44.0 Å². The van der Waals surface area contributed by atoms with Gasteiger partial charge in [-0.3, -0.25) is 9.78 Å². The lowest BCUT2D eigenvalue weighted by Crippen LogP contribution is -2.32. The van der Waals surface area contributed by atoms with E-state index in [0.29, 0.717) is 24.3 Å². The molecule has 0 spiro atoms. The Morgan fingerprint density at radius 3 is 2.49 bits per heavy atom. The van der Waals surface area contributed by atoms with E-state index in [2.05, 4.69) is 38.9 Å². The van der Waals surface area contributed by atoms with Gasteiger partial charge >= 0.3 is 0 Å². The molecule has 1 amide bonds. The van der Waals surface area contributed by atoms with E-state index in [9.17, 15) is 4.79 Å². The van der Waals surface area contributed by atoms with Crippen molar-refractivity contribution in [2.45, 2.75) is 25.9 Å². The second-order valence-electron chi connectivity index (χ2n) is 9.33. The number of ether oxygens (including phenoxy) is 1. The second kappa shape index (κ2) is 14.7. The first-order valence-electron chi connectivity index (χ1n) is 13.1. The van der Waals surface area contributed by atoms with E-state index in [-0.39, 0.29) is 48.9 Å². The first-order chi connectivity index (χ1) is 19.6. The molecular weight excluding hydrogens is 611 g/mol. The average molecular weight is 642 g/mol. The summed E-state index contributed by atoms with van der Waals surface area (Å²) in [6.07, 6.45) is 9.51. The van der Waals surface area contributed by atoms with Crippen molar-refractivity contribution in [3.05, 3.63) is 115 Å². The Kier molecular flexibility index (Phi) is 11.4. The van der Waals surface area contributed by atoms with E-state index in [1.807, 2.05) is 53.4 Å². The summed E-state index contributed by atoms with van der Waals surface area (Å²) in [6.45, 7) is 2.74. The number of furan rings is 1. The zero-order valence-corrected chi connectivity index (χ0v) is 25.9. The molecule has 12 heteroatoms. The fraction of sp³-hybridized carbons (Fsp3) is 0.161. The highest BCUT2D eigenvalue weighted by Gasteiger charge is 2.25. The highest BCUT2D eigenvalue weighted by atomic mass is 35.5. The predicted molar refractivity (Wildman–Crippen MR) is 173 cm³/mol. The monoisotopic (exact) mass is 640 g/mol. The number of aromatic nitrogens is 5. The molecule has 2 aromatic carbocycles. The Labute approximate surface area is 267 Å². The van der Waals surface area contributed by atoms with Crippen molar-refractivity contribution in [3.8, 4) is 22.7 Å². The summed E-state index contributed by atoms with van der Waals surface area (Å²) in [6, 6.07) is 20.7.